The lowest BCUT2D eigenvalue weighted by Crippen LogP contribution is -2.30. The molecule has 1 aliphatic rings. The first kappa shape index (κ1) is 9.79. The van der Waals surface area contributed by atoms with Gasteiger partial charge in [0.05, 0.1) is 0 Å². The van der Waals surface area contributed by atoms with Gasteiger partial charge < -0.3 is 0 Å². The maximum atomic E-state index is 2.53. The third-order valence-electron chi connectivity index (χ3n) is 2.61. The van der Waals surface area contributed by atoms with Crippen LogP contribution in [0.5, 0.6) is 0 Å². The quantitative estimate of drug-likeness (QED) is 0.584. The Morgan fingerprint density at radius 1 is 1.50 bits per heavy atom. The largest absolute Gasteiger partial charge is 0.299 e. The predicted octanol–water partition coefficient (Wildman–Crippen LogP) is 2.68. The molecule has 0 bridgehead atoms. The van der Waals surface area contributed by atoms with Crippen LogP contribution in [0, 0.1) is 5.92 Å². The molecule has 0 saturated heterocycles. The Morgan fingerprint density at radius 2 is 2.25 bits per heavy atom. The van der Waals surface area contributed by atoms with E-state index >= 15 is 0 Å². The van der Waals surface area contributed by atoms with Gasteiger partial charge in [0.15, 0.2) is 0 Å². The van der Waals surface area contributed by atoms with Crippen LogP contribution in [-0.4, -0.2) is 24.5 Å². The van der Waals surface area contributed by atoms with Crippen molar-refractivity contribution in [1.29, 1.82) is 0 Å². The van der Waals surface area contributed by atoms with E-state index in [-0.39, 0.29) is 0 Å². The number of hydrogen-bond acceptors (Lipinski definition) is 1. The summed E-state index contributed by atoms with van der Waals surface area (Å²) in [6.45, 7) is 10.6. The minimum absolute atomic E-state index is 0.758. The number of hydrogen-bond donors (Lipinski definition) is 0. The van der Waals surface area contributed by atoms with Crippen molar-refractivity contribution in [1.82, 2.24) is 4.90 Å². The second-order valence-corrected chi connectivity index (χ2v) is 3.98. The smallest absolute Gasteiger partial charge is 0.0166 e. The molecular formula is C11H21N. The van der Waals surface area contributed by atoms with Gasteiger partial charge in [0.2, 0.25) is 0 Å². The molecule has 12 heavy (non-hydrogen) atoms. The van der Waals surface area contributed by atoms with Gasteiger partial charge >= 0.3 is 0 Å². The average molecular weight is 167 g/mol. The average Bonchev–Trinajstić information content (AvgIpc) is 2.06. The Balaban J connectivity index is 2.37. The van der Waals surface area contributed by atoms with Crippen LogP contribution in [0.3, 0.4) is 0 Å². The van der Waals surface area contributed by atoms with Crippen LogP contribution in [0.2, 0.25) is 0 Å². The molecule has 0 aliphatic carbocycles. The lowest BCUT2D eigenvalue weighted by atomic mass is 9.97. The van der Waals surface area contributed by atoms with Crippen molar-refractivity contribution in [2.45, 2.75) is 33.6 Å². The summed E-state index contributed by atoms with van der Waals surface area (Å²) in [5, 5.41) is 0. The molecule has 1 aliphatic heterocycles. The highest BCUT2D eigenvalue weighted by Crippen LogP contribution is 2.18. The second kappa shape index (κ2) is 4.66. The molecule has 1 heterocycles. The first-order valence-corrected chi connectivity index (χ1v) is 5.15. The molecule has 0 N–H and O–H groups in total. The fourth-order valence-corrected chi connectivity index (χ4v) is 1.77. The number of nitrogens with zero attached hydrogens (tertiary/aromatic N) is 1. The van der Waals surface area contributed by atoms with Crippen LogP contribution in [0.4, 0.5) is 0 Å². The van der Waals surface area contributed by atoms with E-state index in [1.165, 1.54) is 32.5 Å². The normalized spacial score (nSPS) is 19.8. The Morgan fingerprint density at radius 3 is 2.67 bits per heavy atom. The van der Waals surface area contributed by atoms with Gasteiger partial charge in [0, 0.05) is 13.1 Å². The molecule has 0 amide bonds. The molecule has 0 aromatic rings. The van der Waals surface area contributed by atoms with Crippen LogP contribution in [-0.2, 0) is 0 Å². The minimum Gasteiger partial charge on any atom is -0.299 e. The molecule has 0 unspecified atom stereocenters. The van der Waals surface area contributed by atoms with Gasteiger partial charge in [-0.15, -0.1) is 0 Å². The lowest BCUT2D eigenvalue weighted by molar-refractivity contribution is 0.289. The summed E-state index contributed by atoms with van der Waals surface area (Å²) in [6, 6.07) is 0. The molecule has 1 heteroatoms. The summed E-state index contributed by atoms with van der Waals surface area (Å²) in [4.78, 5) is 2.53. The van der Waals surface area contributed by atoms with Crippen molar-refractivity contribution in [2.75, 3.05) is 19.6 Å². The highest BCUT2D eigenvalue weighted by atomic mass is 15.1. The van der Waals surface area contributed by atoms with Crippen LogP contribution < -0.4 is 0 Å². The lowest BCUT2D eigenvalue weighted by Gasteiger charge is -2.27. The van der Waals surface area contributed by atoms with Crippen molar-refractivity contribution in [3.63, 3.8) is 0 Å². The highest BCUT2D eigenvalue weighted by molar-refractivity contribution is 5.09. The van der Waals surface area contributed by atoms with Crippen molar-refractivity contribution in [3.8, 4) is 0 Å². The van der Waals surface area contributed by atoms with Gasteiger partial charge in [-0.25, -0.2) is 0 Å². The van der Waals surface area contributed by atoms with Crippen molar-refractivity contribution in [3.05, 3.63) is 11.6 Å². The molecule has 0 fully saturated rings. The Bertz CT molecular complexity index is 158. The van der Waals surface area contributed by atoms with Crippen molar-refractivity contribution < 1.29 is 0 Å². The molecule has 0 aromatic carbocycles. The number of rotatable bonds is 3. The van der Waals surface area contributed by atoms with Gasteiger partial charge in [-0.05, 0) is 25.3 Å². The van der Waals surface area contributed by atoms with Crippen LogP contribution in [0.15, 0.2) is 11.6 Å². The molecule has 0 radical (unpaired) electrons. The third-order valence-corrected chi connectivity index (χ3v) is 2.61. The second-order valence-electron chi connectivity index (χ2n) is 3.98. The molecule has 0 atom stereocenters. The zero-order valence-corrected chi connectivity index (χ0v) is 8.64. The maximum Gasteiger partial charge on any atom is 0.0166 e. The maximum absolute atomic E-state index is 2.53. The van der Waals surface area contributed by atoms with E-state index in [0.29, 0.717) is 0 Å². The van der Waals surface area contributed by atoms with E-state index in [1.807, 2.05) is 0 Å². The summed E-state index contributed by atoms with van der Waals surface area (Å²) >= 11 is 0. The van der Waals surface area contributed by atoms with E-state index < -0.39 is 0 Å². The fraction of sp³-hybridized carbons (Fsp3) is 0.818. The zero-order chi connectivity index (χ0) is 8.97. The molecule has 70 valence electrons. The van der Waals surface area contributed by atoms with E-state index in [2.05, 4.69) is 31.7 Å². The van der Waals surface area contributed by atoms with E-state index in [4.69, 9.17) is 0 Å². The standard InChI is InChI=1S/C11H21N/c1-4-7-12-8-5-11(6-9-12)10(2)3/h5,10H,4,6-9H2,1-3H3. The van der Waals surface area contributed by atoms with Crippen LogP contribution in [0.25, 0.3) is 0 Å². The van der Waals surface area contributed by atoms with Crippen LogP contribution >= 0.6 is 0 Å². The first-order chi connectivity index (χ1) is 5.74. The van der Waals surface area contributed by atoms with Crippen LogP contribution in [0.1, 0.15) is 33.6 Å². The first-order valence-electron chi connectivity index (χ1n) is 5.15. The summed E-state index contributed by atoms with van der Waals surface area (Å²) in [5.41, 5.74) is 1.65. The fourth-order valence-electron chi connectivity index (χ4n) is 1.77. The van der Waals surface area contributed by atoms with Crippen molar-refractivity contribution in [2.24, 2.45) is 5.92 Å². The van der Waals surface area contributed by atoms with Gasteiger partial charge in [0.25, 0.3) is 0 Å². The van der Waals surface area contributed by atoms with Crippen molar-refractivity contribution >= 4 is 0 Å². The van der Waals surface area contributed by atoms with Gasteiger partial charge in [-0.2, -0.15) is 0 Å². The third kappa shape index (κ3) is 2.63. The summed E-state index contributed by atoms with van der Waals surface area (Å²) < 4.78 is 0. The Hall–Kier alpha value is -0.300. The highest BCUT2D eigenvalue weighted by Gasteiger charge is 2.11. The predicted molar refractivity (Wildman–Crippen MR) is 54.3 cm³/mol. The van der Waals surface area contributed by atoms with E-state index in [0.717, 1.165) is 5.92 Å². The Labute approximate surface area is 76.5 Å². The molecule has 0 spiro atoms. The monoisotopic (exact) mass is 167 g/mol. The molecule has 1 rings (SSSR count). The molecule has 0 aromatic heterocycles. The molecular weight excluding hydrogens is 146 g/mol. The SMILES string of the molecule is CCCN1CC=C(C(C)C)CC1. The van der Waals surface area contributed by atoms with Gasteiger partial charge in [-0.1, -0.05) is 32.4 Å². The molecule has 1 nitrogen and oxygen atoms in total. The Kier molecular flexibility index (Phi) is 3.80. The topological polar surface area (TPSA) is 3.24 Å². The summed E-state index contributed by atoms with van der Waals surface area (Å²) in [5.74, 6) is 0.758. The van der Waals surface area contributed by atoms with Gasteiger partial charge in [-0.3, -0.25) is 4.90 Å². The zero-order valence-electron chi connectivity index (χ0n) is 8.64. The molecule has 0 saturated carbocycles. The summed E-state index contributed by atoms with van der Waals surface area (Å²) in [7, 11) is 0. The van der Waals surface area contributed by atoms with E-state index in [1.54, 1.807) is 5.57 Å². The van der Waals surface area contributed by atoms with Gasteiger partial charge in [0.1, 0.15) is 0 Å². The minimum atomic E-state index is 0.758. The van der Waals surface area contributed by atoms with E-state index in [9.17, 15) is 0 Å². The summed E-state index contributed by atoms with van der Waals surface area (Å²) in [6.07, 6.45) is 4.99.